The second kappa shape index (κ2) is 7.39. The van der Waals surface area contributed by atoms with E-state index >= 15 is 0 Å². The van der Waals surface area contributed by atoms with Crippen molar-refractivity contribution in [2.75, 3.05) is 18.0 Å². The second-order valence-electron chi connectivity index (χ2n) is 9.17. The molecule has 3 aromatic heterocycles. The van der Waals surface area contributed by atoms with Gasteiger partial charge in [0.05, 0.1) is 22.6 Å². The summed E-state index contributed by atoms with van der Waals surface area (Å²) in [5.41, 5.74) is 3.22. The summed E-state index contributed by atoms with van der Waals surface area (Å²) in [7, 11) is 1.78. The molecule has 0 radical (unpaired) electrons. The molecule has 0 amide bonds. The van der Waals surface area contributed by atoms with E-state index in [1.807, 2.05) is 12.3 Å². The molecule has 1 aliphatic carbocycles. The van der Waals surface area contributed by atoms with Crippen LogP contribution >= 0.6 is 11.6 Å². The first kappa shape index (κ1) is 19.9. The first-order valence-electron chi connectivity index (χ1n) is 11.0. The van der Waals surface area contributed by atoms with Gasteiger partial charge in [-0.25, -0.2) is 14.4 Å². The van der Waals surface area contributed by atoms with E-state index in [-0.39, 0.29) is 5.82 Å². The number of hydrogen-bond donors (Lipinski definition) is 1. The number of rotatable bonds is 3. The molecule has 1 saturated carbocycles. The summed E-state index contributed by atoms with van der Waals surface area (Å²) in [4.78, 5) is 11.7. The first-order chi connectivity index (χ1) is 15.4. The molecule has 1 aliphatic heterocycles. The standard InChI is InChI=1S/C24H24ClFN6/c1-13-10-32(12-22(28-13)14-3-4-14)17-7-18-19(25)8-21(29-24(18)27-9-17)15-5-16-11-31(2)30-23(16)20(26)6-15/h5-9,11,13-14,22,28H,3-4,10,12H2,1-2H3/t13-,22-/m1/s1. The van der Waals surface area contributed by atoms with E-state index in [0.717, 1.165) is 35.5 Å². The SMILES string of the molecule is C[C@@H]1CN(c2cnc3nc(-c4cc(F)c5nn(C)cc5c4)cc(Cl)c3c2)C[C@H](C2CC2)N1. The highest BCUT2D eigenvalue weighted by molar-refractivity contribution is 6.35. The Balaban J connectivity index is 1.37. The number of piperazine rings is 1. The molecule has 0 unspecified atom stereocenters. The van der Waals surface area contributed by atoms with Crippen molar-refractivity contribution in [1.29, 1.82) is 0 Å². The molecule has 164 valence electrons. The fourth-order valence-electron chi connectivity index (χ4n) is 4.84. The van der Waals surface area contributed by atoms with Gasteiger partial charge in [-0.3, -0.25) is 4.68 Å². The minimum atomic E-state index is -0.377. The highest BCUT2D eigenvalue weighted by Gasteiger charge is 2.36. The number of aromatic nitrogens is 4. The minimum absolute atomic E-state index is 0.348. The predicted octanol–water partition coefficient (Wildman–Crippen LogP) is 4.55. The largest absolute Gasteiger partial charge is 0.367 e. The van der Waals surface area contributed by atoms with Crippen LogP contribution in [0.15, 0.2) is 36.7 Å². The van der Waals surface area contributed by atoms with Crippen LogP contribution in [0.1, 0.15) is 19.8 Å². The van der Waals surface area contributed by atoms with Crippen molar-refractivity contribution in [3.8, 4) is 11.3 Å². The number of hydrogen-bond acceptors (Lipinski definition) is 5. The Morgan fingerprint density at radius 2 is 2.00 bits per heavy atom. The van der Waals surface area contributed by atoms with Gasteiger partial charge in [-0.1, -0.05) is 11.6 Å². The molecule has 4 heterocycles. The van der Waals surface area contributed by atoms with Crippen molar-refractivity contribution in [3.63, 3.8) is 0 Å². The van der Waals surface area contributed by atoms with Gasteiger partial charge < -0.3 is 10.2 Å². The summed E-state index contributed by atoms with van der Waals surface area (Å²) < 4.78 is 16.2. The fourth-order valence-corrected chi connectivity index (χ4v) is 5.09. The highest BCUT2D eigenvalue weighted by atomic mass is 35.5. The molecule has 2 fully saturated rings. The molecule has 2 aliphatic rings. The van der Waals surface area contributed by atoms with Gasteiger partial charge in [-0.15, -0.1) is 0 Å². The van der Waals surface area contributed by atoms with Gasteiger partial charge in [-0.05, 0) is 49.9 Å². The number of fused-ring (bicyclic) bond motifs is 2. The summed E-state index contributed by atoms with van der Waals surface area (Å²) in [6, 6.07) is 8.16. The number of nitrogens with zero attached hydrogens (tertiary/aromatic N) is 5. The van der Waals surface area contributed by atoms with Crippen LogP contribution in [-0.4, -0.2) is 44.9 Å². The molecule has 4 aromatic rings. The molecular weight excluding hydrogens is 427 g/mol. The van der Waals surface area contributed by atoms with Gasteiger partial charge in [-0.2, -0.15) is 5.10 Å². The van der Waals surface area contributed by atoms with E-state index < -0.39 is 0 Å². The van der Waals surface area contributed by atoms with Gasteiger partial charge in [0, 0.05) is 54.8 Å². The van der Waals surface area contributed by atoms with E-state index in [1.54, 1.807) is 24.0 Å². The van der Waals surface area contributed by atoms with E-state index in [4.69, 9.17) is 16.6 Å². The van der Waals surface area contributed by atoms with Crippen LogP contribution in [0.3, 0.4) is 0 Å². The molecule has 32 heavy (non-hydrogen) atoms. The smallest absolute Gasteiger partial charge is 0.161 e. The molecule has 1 N–H and O–H groups in total. The highest BCUT2D eigenvalue weighted by Crippen LogP contribution is 2.36. The minimum Gasteiger partial charge on any atom is -0.367 e. The first-order valence-corrected chi connectivity index (χ1v) is 11.4. The molecular formula is C24H24ClFN6. The second-order valence-corrected chi connectivity index (χ2v) is 9.58. The molecule has 6 nitrogen and oxygen atoms in total. The van der Waals surface area contributed by atoms with E-state index in [2.05, 4.69) is 33.3 Å². The fraction of sp³-hybridized carbons (Fsp3) is 0.375. The zero-order chi connectivity index (χ0) is 22.0. The maximum atomic E-state index is 14.6. The van der Waals surface area contributed by atoms with Crippen LogP contribution < -0.4 is 10.2 Å². The van der Waals surface area contributed by atoms with Crippen LogP contribution in [0, 0.1) is 11.7 Å². The topological polar surface area (TPSA) is 58.9 Å². The normalized spacial score (nSPS) is 21.6. The van der Waals surface area contributed by atoms with Crippen molar-refractivity contribution in [2.24, 2.45) is 13.0 Å². The molecule has 1 aromatic carbocycles. The van der Waals surface area contributed by atoms with E-state index in [1.165, 1.54) is 18.9 Å². The summed E-state index contributed by atoms with van der Waals surface area (Å²) in [5, 5.41) is 10.00. The number of pyridine rings is 2. The molecule has 0 spiro atoms. The van der Waals surface area contributed by atoms with Crippen LogP contribution in [0.4, 0.5) is 10.1 Å². The summed E-state index contributed by atoms with van der Waals surface area (Å²) >= 11 is 6.68. The van der Waals surface area contributed by atoms with Crippen molar-refractivity contribution in [1.82, 2.24) is 25.1 Å². The molecule has 0 bridgehead atoms. The Hall–Kier alpha value is -2.77. The van der Waals surface area contributed by atoms with Gasteiger partial charge in [0.25, 0.3) is 0 Å². The summed E-state index contributed by atoms with van der Waals surface area (Å²) in [6.45, 7) is 4.15. The average molecular weight is 451 g/mol. The summed E-state index contributed by atoms with van der Waals surface area (Å²) in [5.74, 6) is 0.413. The predicted molar refractivity (Wildman–Crippen MR) is 126 cm³/mol. The Kier molecular flexibility index (Phi) is 4.59. The Labute approximate surface area is 190 Å². The lowest BCUT2D eigenvalue weighted by Gasteiger charge is -2.39. The monoisotopic (exact) mass is 450 g/mol. The lowest BCUT2D eigenvalue weighted by atomic mass is 10.1. The third-order valence-electron chi connectivity index (χ3n) is 6.54. The maximum absolute atomic E-state index is 14.6. The van der Waals surface area contributed by atoms with Crippen molar-refractivity contribution >= 4 is 39.2 Å². The Morgan fingerprint density at radius 1 is 1.16 bits per heavy atom. The number of aryl methyl sites for hydroxylation is 1. The third kappa shape index (κ3) is 3.49. The van der Waals surface area contributed by atoms with Crippen LogP contribution in [-0.2, 0) is 7.05 Å². The molecule has 6 rings (SSSR count). The van der Waals surface area contributed by atoms with E-state index in [9.17, 15) is 4.39 Å². The molecule has 1 saturated heterocycles. The van der Waals surface area contributed by atoms with Crippen molar-refractivity contribution in [3.05, 3.63) is 47.5 Å². The van der Waals surface area contributed by atoms with Crippen LogP contribution in [0.25, 0.3) is 33.2 Å². The zero-order valence-electron chi connectivity index (χ0n) is 18.0. The van der Waals surface area contributed by atoms with Crippen molar-refractivity contribution in [2.45, 2.75) is 31.8 Å². The summed E-state index contributed by atoms with van der Waals surface area (Å²) in [6.07, 6.45) is 6.30. The number of anilines is 1. The molecule has 8 heteroatoms. The lowest BCUT2D eigenvalue weighted by molar-refractivity contribution is 0.359. The van der Waals surface area contributed by atoms with E-state index in [0.29, 0.717) is 39.5 Å². The molecule has 2 atom stereocenters. The zero-order valence-corrected chi connectivity index (χ0v) is 18.8. The van der Waals surface area contributed by atoms with Gasteiger partial charge in [0.2, 0.25) is 0 Å². The van der Waals surface area contributed by atoms with Crippen molar-refractivity contribution < 1.29 is 4.39 Å². The van der Waals surface area contributed by atoms with Crippen LogP contribution in [0.5, 0.6) is 0 Å². The Morgan fingerprint density at radius 3 is 2.81 bits per heavy atom. The number of nitrogens with one attached hydrogen (secondary N) is 1. The van der Waals surface area contributed by atoms with Gasteiger partial charge in [0.1, 0.15) is 5.52 Å². The maximum Gasteiger partial charge on any atom is 0.161 e. The quantitative estimate of drug-likeness (QED) is 0.496. The van der Waals surface area contributed by atoms with Gasteiger partial charge >= 0.3 is 0 Å². The number of halogens is 2. The van der Waals surface area contributed by atoms with Gasteiger partial charge in [0.15, 0.2) is 11.5 Å². The number of benzene rings is 1. The Bertz CT molecular complexity index is 1350. The van der Waals surface area contributed by atoms with Crippen LogP contribution in [0.2, 0.25) is 5.02 Å². The third-order valence-corrected chi connectivity index (χ3v) is 6.85. The average Bonchev–Trinajstić information content (AvgIpc) is 3.54. The lowest BCUT2D eigenvalue weighted by Crippen LogP contribution is -2.56.